The van der Waals surface area contributed by atoms with Crippen molar-refractivity contribution in [2.24, 2.45) is 0 Å². The third kappa shape index (κ3) is 4.82. The Kier molecular flexibility index (Phi) is 6.15. The number of rotatable bonds is 7. The van der Waals surface area contributed by atoms with E-state index < -0.39 is 15.6 Å². The lowest BCUT2D eigenvalue weighted by molar-refractivity contribution is 0.0276. The van der Waals surface area contributed by atoms with Crippen LogP contribution in [-0.2, 0) is 21.3 Å². The van der Waals surface area contributed by atoms with E-state index in [0.717, 1.165) is 5.56 Å². The standard InChI is InChI=1S/C13H21BrN2O3S/c1-13(2,19-4)9-16-20(17,18)12-6-5-10(8-15-3)7-11(12)14/h5-7,15-16H,8-9H2,1-4H3. The first kappa shape index (κ1) is 17.6. The minimum atomic E-state index is -3.56. The Hall–Kier alpha value is -0.470. The summed E-state index contributed by atoms with van der Waals surface area (Å²) in [5.41, 5.74) is 0.460. The molecule has 0 aromatic heterocycles. The third-order valence-electron chi connectivity index (χ3n) is 2.91. The summed E-state index contributed by atoms with van der Waals surface area (Å²) >= 11 is 3.31. The maximum atomic E-state index is 12.3. The first-order chi connectivity index (χ1) is 9.22. The van der Waals surface area contributed by atoms with Gasteiger partial charge in [0.05, 0.1) is 10.5 Å². The molecule has 0 saturated heterocycles. The molecule has 1 aromatic rings. The monoisotopic (exact) mass is 364 g/mol. The van der Waals surface area contributed by atoms with Crippen LogP contribution in [0, 0.1) is 0 Å². The second-order valence-corrected chi connectivity index (χ2v) is 7.67. The number of sulfonamides is 1. The molecule has 1 aromatic carbocycles. The molecule has 0 unspecified atom stereocenters. The molecule has 0 aliphatic carbocycles. The van der Waals surface area contributed by atoms with E-state index in [2.05, 4.69) is 26.0 Å². The molecule has 0 aliphatic rings. The highest BCUT2D eigenvalue weighted by Crippen LogP contribution is 2.23. The number of benzene rings is 1. The zero-order valence-electron chi connectivity index (χ0n) is 12.2. The van der Waals surface area contributed by atoms with Gasteiger partial charge in [0.1, 0.15) is 0 Å². The van der Waals surface area contributed by atoms with Gasteiger partial charge in [0.15, 0.2) is 0 Å². The van der Waals surface area contributed by atoms with E-state index in [0.29, 0.717) is 11.0 Å². The van der Waals surface area contributed by atoms with Crippen LogP contribution in [0.4, 0.5) is 0 Å². The molecule has 5 nitrogen and oxygen atoms in total. The van der Waals surface area contributed by atoms with Crippen molar-refractivity contribution in [1.29, 1.82) is 0 Å². The van der Waals surface area contributed by atoms with Gasteiger partial charge in [0, 0.05) is 24.7 Å². The van der Waals surface area contributed by atoms with E-state index in [1.165, 1.54) is 0 Å². The Morgan fingerprint density at radius 3 is 2.50 bits per heavy atom. The van der Waals surface area contributed by atoms with Gasteiger partial charge >= 0.3 is 0 Å². The average molecular weight is 365 g/mol. The van der Waals surface area contributed by atoms with E-state index in [-0.39, 0.29) is 11.4 Å². The first-order valence-corrected chi connectivity index (χ1v) is 8.47. The highest BCUT2D eigenvalue weighted by molar-refractivity contribution is 9.10. The Balaban J connectivity index is 2.93. The van der Waals surface area contributed by atoms with Gasteiger partial charge in [0.25, 0.3) is 0 Å². The van der Waals surface area contributed by atoms with Gasteiger partial charge in [-0.25, -0.2) is 13.1 Å². The largest absolute Gasteiger partial charge is 0.377 e. The molecule has 0 heterocycles. The number of nitrogens with one attached hydrogen (secondary N) is 2. The van der Waals surface area contributed by atoms with Crippen LogP contribution in [0.15, 0.2) is 27.6 Å². The molecule has 2 N–H and O–H groups in total. The van der Waals surface area contributed by atoms with Crippen LogP contribution in [0.5, 0.6) is 0 Å². The van der Waals surface area contributed by atoms with Gasteiger partial charge in [-0.2, -0.15) is 0 Å². The van der Waals surface area contributed by atoms with Crippen LogP contribution in [0.3, 0.4) is 0 Å². The van der Waals surface area contributed by atoms with Crippen molar-refractivity contribution in [2.75, 3.05) is 20.7 Å². The van der Waals surface area contributed by atoms with Crippen LogP contribution in [0.25, 0.3) is 0 Å². The van der Waals surface area contributed by atoms with Crippen molar-refractivity contribution in [1.82, 2.24) is 10.0 Å². The molecule has 0 bridgehead atoms. The Bertz CT molecular complexity index is 559. The number of hydrogen-bond donors (Lipinski definition) is 2. The number of methoxy groups -OCH3 is 1. The summed E-state index contributed by atoms with van der Waals surface area (Å²) in [6.07, 6.45) is 0. The molecule has 0 atom stereocenters. The topological polar surface area (TPSA) is 67.4 Å². The SMILES string of the molecule is CNCc1ccc(S(=O)(=O)NCC(C)(C)OC)c(Br)c1. The minimum Gasteiger partial charge on any atom is -0.377 e. The predicted molar refractivity (Wildman–Crippen MR) is 83.2 cm³/mol. The Morgan fingerprint density at radius 1 is 1.35 bits per heavy atom. The Labute approximate surface area is 129 Å². The molecule has 0 aliphatic heterocycles. The van der Waals surface area contributed by atoms with Crippen molar-refractivity contribution in [3.8, 4) is 0 Å². The quantitative estimate of drug-likeness (QED) is 0.774. The van der Waals surface area contributed by atoms with Crippen LogP contribution >= 0.6 is 15.9 Å². The van der Waals surface area contributed by atoms with E-state index in [1.807, 2.05) is 20.9 Å². The summed E-state index contributed by atoms with van der Waals surface area (Å²) in [5.74, 6) is 0. The molecule has 20 heavy (non-hydrogen) atoms. The second-order valence-electron chi connectivity index (χ2n) is 5.08. The zero-order valence-corrected chi connectivity index (χ0v) is 14.6. The van der Waals surface area contributed by atoms with E-state index in [4.69, 9.17) is 4.74 Å². The van der Waals surface area contributed by atoms with Gasteiger partial charge in [0.2, 0.25) is 10.0 Å². The summed E-state index contributed by atoms with van der Waals surface area (Å²) in [5, 5.41) is 3.02. The Morgan fingerprint density at radius 2 is 2.00 bits per heavy atom. The van der Waals surface area contributed by atoms with Crippen LogP contribution in [-0.4, -0.2) is 34.7 Å². The number of hydrogen-bond acceptors (Lipinski definition) is 4. The molecular weight excluding hydrogens is 344 g/mol. The maximum Gasteiger partial charge on any atom is 0.241 e. The van der Waals surface area contributed by atoms with Gasteiger partial charge in [-0.3, -0.25) is 0 Å². The molecule has 0 radical (unpaired) electrons. The second kappa shape index (κ2) is 7.00. The summed E-state index contributed by atoms with van der Waals surface area (Å²) in [6, 6.07) is 5.18. The normalized spacial score (nSPS) is 12.7. The van der Waals surface area contributed by atoms with Gasteiger partial charge < -0.3 is 10.1 Å². The molecule has 1 rings (SSSR count). The van der Waals surface area contributed by atoms with E-state index >= 15 is 0 Å². The van der Waals surface area contributed by atoms with Crippen LogP contribution in [0.1, 0.15) is 19.4 Å². The summed E-state index contributed by atoms with van der Waals surface area (Å²) in [7, 11) is -0.171. The summed E-state index contributed by atoms with van der Waals surface area (Å²) in [6.45, 7) is 4.53. The van der Waals surface area contributed by atoms with Gasteiger partial charge in [-0.15, -0.1) is 0 Å². The molecule has 114 valence electrons. The molecular formula is C13H21BrN2O3S. The molecule has 0 fully saturated rings. The lowest BCUT2D eigenvalue weighted by Gasteiger charge is -2.23. The van der Waals surface area contributed by atoms with Crippen molar-refractivity contribution in [3.05, 3.63) is 28.2 Å². The first-order valence-electron chi connectivity index (χ1n) is 6.20. The van der Waals surface area contributed by atoms with Crippen LogP contribution < -0.4 is 10.0 Å². The minimum absolute atomic E-state index is 0.205. The molecule has 0 saturated carbocycles. The fraction of sp³-hybridized carbons (Fsp3) is 0.538. The number of halogens is 1. The molecule has 7 heteroatoms. The summed E-state index contributed by atoms with van der Waals surface area (Å²) in [4.78, 5) is 0.226. The smallest absolute Gasteiger partial charge is 0.241 e. The fourth-order valence-electron chi connectivity index (χ4n) is 1.50. The average Bonchev–Trinajstić information content (AvgIpc) is 2.37. The highest BCUT2D eigenvalue weighted by Gasteiger charge is 2.23. The number of ether oxygens (including phenoxy) is 1. The van der Waals surface area contributed by atoms with Crippen LogP contribution in [0.2, 0.25) is 0 Å². The molecule has 0 spiro atoms. The fourth-order valence-corrected chi connectivity index (χ4v) is 3.82. The lowest BCUT2D eigenvalue weighted by Crippen LogP contribution is -2.39. The van der Waals surface area contributed by atoms with Crippen molar-refractivity contribution < 1.29 is 13.2 Å². The van der Waals surface area contributed by atoms with Crippen molar-refractivity contribution in [3.63, 3.8) is 0 Å². The predicted octanol–water partition coefficient (Wildman–Crippen LogP) is 1.87. The van der Waals surface area contributed by atoms with Crippen molar-refractivity contribution >= 4 is 26.0 Å². The van der Waals surface area contributed by atoms with Gasteiger partial charge in [-0.1, -0.05) is 6.07 Å². The maximum absolute atomic E-state index is 12.3. The molecule has 0 amide bonds. The van der Waals surface area contributed by atoms with Crippen molar-refractivity contribution in [2.45, 2.75) is 30.9 Å². The summed E-state index contributed by atoms with van der Waals surface area (Å²) < 4.78 is 32.9. The van der Waals surface area contributed by atoms with E-state index in [9.17, 15) is 8.42 Å². The van der Waals surface area contributed by atoms with Gasteiger partial charge in [-0.05, 0) is 54.5 Å². The van der Waals surface area contributed by atoms with E-state index in [1.54, 1.807) is 25.3 Å². The third-order valence-corrected chi connectivity index (χ3v) is 5.29. The zero-order chi connectivity index (χ0) is 15.4. The highest BCUT2D eigenvalue weighted by atomic mass is 79.9. The lowest BCUT2D eigenvalue weighted by atomic mass is 10.1.